The summed E-state index contributed by atoms with van der Waals surface area (Å²) in [5.41, 5.74) is 0.566. The van der Waals surface area contributed by atoms with Crippen molar-refractivity contribution in [3.8, 4) is 6.07 Å². The molecular formula is C12H17N3O. The van der Waals surface area contributed by atoms with Gasteiger partial charge in [-0.3, -0.25) is 0 Å². The first-order chi connectivity index (χ1) is 7.88. The van der Waals surface area contributed by atoms with E-state index in [4.69, 9.17) is 10.00 Å². The standard InChI is InChI=1S/C12H17N3O/c1-2-3-8-16-9-7-15-12-11(10-13)5-4-6-14-12/h4-6H,2-3,7-9H2,1H3,(H,14,15). The van der Waals surface area contributed by atoms with Gasteiger partial charge in [0.05, 0.1) is 12.2 Å². The largest absolute Gasteiger partial charge is 0.380 e. The molecule has 0 fully saturated rings. The molecule has 1 N–H and O–H groups in total. The van der Waals surface area contributed by atoms with E-state index in [-0.39, 0.29) is 0 Å². The van der Waals surface area contributed by atoms with Gasteiger partial charge in [-0.25, -0.2) is 4.98 Å². The van der Waals surface area contributed by atoms with E-state index in [0.717, 1.165) is 19.4 Å². The number of anilines is 1. The topological polar surface area (TPSA) is 57.9 Å². The molecule has 4 heteroatoms. The maximum absolute atomic E-state index is 8.83. The van der Waals surface area contributed by atoms with Crippen molar-refractivity contribution >= 4 is 5.82 Å². The average Bonchev–Trinajstić information content (AvgIpc) is 2.34. The highest BCUT2D eigenvalue weighted by Gasteiger charge is 2.00. The Labute approximate surface area is 96.3 Å². The number of nitrogens with zero attached hydrogens (tertiary/aromatic N) is 2. The molecule has 0 radical (unpaired) electrons. The van der Waals surface area contributed by atoms with Crippen LogP contribution in [-0.2, 0) is 4.74 Å². The van der Waals surface area contributed by atoms with Crippen molar-refractivity contribution in [3.05, 3.63) is 23.9 Å². The predicted octanol–water partition coefficient (Wildman–Crippen LogP) is 2.18. The van der Waals surface area contributed by atoms with Gasteiger partial charge in [-0.05, 0) is 18.6 Å². The molecular weight excluding hydrogens is 202 g/mol. The second kappa shape index (κ2) is 7.66. The van der Waals surface area contributed by atoms with Crippen LogP contribution in [0.1, 0.15) is 25.3 Å². The fraction of sp³-hybridized carbons (Fsp3) is 0.500. The zero-order chi connectivity index (χ0) is 11.6. The summed E-state index contributed by atoms with van der Waals surface area (Å²) in [7, 11) is 0. The SMILES string of the molecule is CCCCOCCNc1ncccc1C#N. The van der Waals surface area contributed by atoms with E-state index in [1.807, 2.05) is 0 Å². The molecule has 0 unspecified atom stereocenters. The number of aromatic nitrogens is 1. The fourth-order valence-corrected chi connectivity index (χ4v) is 1.23. The van der Waals surface area contributed by atoms with Crippen LogP contribution in [0.25, 0.3) is 0 Å². The third-order valence-corrected chi connectivity index (χ3v) is 2.11. The summed E-state index contributed by atoms with van der Waals surface area (Å²) in [5, 5.41) is 11.9. The molecule has 0 aromatic carbocycles. The van der Waals surface area contributed by atoms with E-state index >= 15 is 0 Å². The quantitative estimate of drug-likeness (QED) is 0.714. The number of ether oxygens (including phenoxy) is 1. The highest BCUT2D eigenvalue weighted by atomic mass is 16.5. The van der Waals surface area contributed by atoms with Crippen LogP contribution >= 0.6 is 0 Å². The summed E-state index contributed by atoms with van der Waals surface area (Å²) in [6.07, 6.45) is 3.90. The van der Waals surface area contributed by atoms with Crippen molar-refractivity contribution in [1.29, 1.82) is 5.26 Å². The molecule has 16 heavy (non-hydrogen) atoms. The van der Waals surface area contributed by atoms with Gasteiger partial charge in [0, 0.05) is 19.3 Å². The molecule has 0 bridgehead atoms. The van der Waals surface area contributed by atoms with E-state index in [1.54, 1.807) is 18.3 Å². The molecule has 1 rings (SSSR count). The van der Waals surface area contributed by atoms with E-state index in [9.17, 15) is 0 Å². The second-order valence-electron chi connectivity index (χ2n) is 3.40. The zero-order valence-electron chi connectivity index (χ0n) is 9.57. The number of hydrogen-bond donors (Lipinski definition) is 1. The van der Waals surface area contributed by atoms with E-state index in [2.05, 4.69) is 23.3 Å². The van der Waals surface area contributed by atoms with E-state index < -0.39 is 0 Å². The maximum Gasteiger partial charge on any atom is 0.143 e. The van der Waals surface area contributed by atoms with Crippen LogP contribution in [0.2, 0.25) is 0 Å². The third kappa shape index (κ3) is 4.28. The molecule has 0 aliphatic rings. The number of rotatable bonds is 7. The Morgan fingerprint density at radius 2 is 2.38 bits per heavy atom. The Morgan fingerprint density at radius 1 is 1.50 bits per heavy atom. The van der Waals surface area contributed by atoms with Gasteiger partial charge in [0.15, 0.2) is 0 Å². The first-order valence-corrected chi connectivity index (χ1v) is 5.55. The number of unbranched alkanes of at least 4 members (excludes halogenated alkanes) is 1. The van der Waals surface area contributed by atoms with Gasteiger partial charge < -0.3 is 10.1 Å². The average molecular weight is 219 g/mol. The highest BCUT2D eigenvalue weighted by molar-refractivity contribution is 5.50. The number of nitrogens with one attached hydrogen (secondary N) is 1. The molecule has 0 saturated carbocycles. The van der Waals surface area contributed by atoms with E-state index in [0.29, 0.717) is 24.5 Å². The minimum atomic E-state index is 0.566. The Bertz CT molecular complexity index is 346. The van der Waals surface area contributed by atoms with Gasteiger partial charge >= 0.3 is 0 Å². The Balaban J connectivity index is 2.24. The number of hydrogen-bond acceptors (Lipinski definition) is 4. The summed E-state index contributed by atoms with van der Waals surface area (Å²) in [4.78, 5) is 4.09. The molecule has 0 atom stereocenters. The molecule has 0 amide bonds. The molecule has 1 aromatic rings. The van der Waals surface area contributed by atoms with Crippen LogP contribution in [0.5, 0.6) is 0 Å². The van der Waals surface area contributed by atoms with Crippen molar-refractivity contribution < 1.29 is 4.74 Å². The monoisotopic (exact) mass is 219 g/mol. The van der Waals surface area contributed by atoms with Crippen LogP contribution in [-0.4, -0.2) is 24.7 Å². The molecule has 0 aliphatic carbocycles. The lowest BCUT2D eigenvalue weighted by atomic mass is 10.3. The van der Waals surface area contributed by atoms with Crippen LogP contribution in [0, 0.1) is 11.3 Å². The van der Waals surface area contributed by atoms with Crippen LogP contribution in [0.15, 0.2) is 18.3 Å². The van der Waals surface area contributed by atoms with Crippen LogP contribution in [0.4, 0.5) is 5.82 Å². The summed E-state index contributed by atoms with van der Waals surface area (Å²) in [5.74, 6) is 0.629. The lowest BCUT2D eigenvalue weighted by Gasteiger charge is -2.07. The molecule has 4 nitrogen and oxygen atoms in total. The smallest absolute Gasteiger partial charge is 0.143 e. The van der Waals surface area contributed by atoms with Crippen molar-refractivity contribution in [2.45, 2.75) is 19.8 Å². The van der Waals surface area contributed by atoms with Crippen molar-refractivity contribution in [2.24, 2.45) is 0 Å². The molecule has 1 aromatic heterocycles. The minimum absolute atomic E-state index is 0.566. The zero-order valence-corrected chi connectivity index (χ0v) is 9.57. The maximum atomic E-state index is 8.83. The van der Waals surface area contributed by atoms with E-state index in [1.165, 1.54) is 0 Å². The lowest BCUT2D eigenvalue weighted by molar-refractivity contribution is 0.141. The normalized spacial score (nSPS) is 9.75. The molecule has 0 spiro atoms. The first kappa shape index (κ1) is 12.5. The van der Waals surface area contributed by atoms with Gasteiger partial charge in [-0.2, -0.15) is 5.26 Å². The van der Waals surface area contributed by atoms with Crippen LogP contribution in [0.3, 0.4) is 0 Å². The predicted molar refractivity (Wildman–Crippen MR) is 63.2 cm³/mol. The number of pyridine rings is 1. The molecule has 0 aliphatic heterocycles. The minimum Gasteiger partial charge on any atom is -0.380 e. The second-order valence-corrected chi connectivity index (χ2v) is 3.40. The molecule has 0 saturated heterocycles. The summed E-state index contributed by atoms with van der Waals surface area (Å²) >= 11 is 0. The molecule has 86 valence electrons. The van der Waals surface area contributed by atoms with Crippen molar-refractivity contribution in [1.82, 2.24) is 4.98 Å². The van der Waals surface area contributed by atoms with Gasteiger partial charge in [0.1, 0.15) is 11.9 Å². The summed E-state index contributed by atoms with van der Waals surface area (Å²) in [6, 6.07) is 5.59. The Hall–Kier alpha value is -1.60. The van der Waals surface area contributed by atoms with Crippen molar-refractivity contribution in [2.75, 3.05) is 25.1 Å². The highest BCUT2D eigenvalue weighted by Crippen LogP contribution is 2.08. The van der Waals surface area contributed by atoms with Gasteiger partial charge in [-0.15, -0.1) is 0 Å². The van der Waals surface area contributed by atoms with Crippen LogP contribution < -0.4 is 5.32 Å². The summed E-state index contributed by atoms with van der Waals surface area (Å²) < 4.78 is 5.40. The fourth-order valence-electron chi connectivity index (χ4n) is 1.23. The Kier molecular flexibility index (Phi) is 5.97. The third-order valence-electron chi connectivity index (χ3n) is 2.11. The van der Waals surface area contributed by atoms with Gasteiger partial charge in [0.2, 0.25) is 0 Å². The van der Waals surface area contributed by atoms with Gasteiger partial charge in [0.25, 0.3) is 0 Å². The summed E-state index contributed by atoms with van der Waals surface area (Å²) in [6.45, 7) is 4.25. The van der Waals surface area contributed by atoms with Gasteiger partial charge in [-0.1, -0.05) is 13.3 Å². The lowest BCUT2D eigenvalue weighted by Crippen LogP contribution is -2.11. The van der Waals surface area contributed by atoms with Crippen molar-refractivity contribution in [3.63, 3.8) is 0 Å². The first-order valence-electron chi connectivity index (χ1n) is 5.55. The Morgan fingerprint density at radius 3 is 3.12 bits per heavy atom. The number of nitriles is 1. The molecule has 1 heterocycles.